The summed E-state index contributed by atoms with van der Waals surface area (Å²) in [7, 11) is 0. The van der Waals surface area contributed by atoms with Crippen LogP contribution in [-0.2, 0) is 4.79 Å². The van der Waals surface area contributed by atoms with E-state index in [1.807, 2.05) is 13.8 Å². The van der Waals surface area contributed by atoms with Gasteiger partial charge in [-0.25, -0.2) is 0 Å². The average molecular weight is 289 g/mol. The molecule has 0 amide bonds. The van der Waals surface area contributed by atoms with Gasteiger partial charge in [-0.3, -0.25) is 4.79 Å². The summed E-state index contributed by atoms with van der Waals surface area (Å²) in [5.74, 6) is 1.22. The molecule has 0 aliphatic rings. The lowest BCUT2D eigenvalue weighted by molar-refractivity contribution is -0.130. The zero-order valence-electron chi connectivity index (χ0n) is 10.7. The first-order chi connectivity index (χ1) is 8.51. The molecular formula is C14H18Cl2O2. The van der Waals surface area contributed by atoms with Crippen LogP contribution in [0.15, 0.2) is 24.3 Å². The van der Waals surface area contributed by atoms with Crippen LogP contribution >= 0.6 is 23.2 Å². The van der Waals surface area contributed by atoms with Gasteiger partial charge in [-0.1, -0.05) is 25.4 Å². The SMILES string of the molecule is CCC(C)(CCCl)C(=O)COc1ccc(Cl)cc1. The van der Waals surface area contributed by atoms with E-state index in [4.69, 9.17) is 27.9 Å². The summed E-state index contributed by atoms with van der Waals surface area (Å²) in [6.45, 7) is 4.00. The minimum atomic E-state index is -0.395. The van der Waals surface area contributed by atoms with Crippen molar-refractivity contribution in [2.24, 2.45) is 5.41 Å². The van der Waals surface area contributed by atoms with Crippen LogP contribution in [0.5, 0.6) is 5.75 Å². The molecule has 0 aromatic heterocycles. The second-order valence-corrected chi connectivity index (χ2v) is 5.33. The van der Waals surface area contributed by atoms with Gasteiger partial charge in [-0.2, -0.15) is 0 Å². The van der Waals surface area contributed by atoms with Gasteiger partial charge in [0.15, 0.2) is 5.78 Å². The van der Waals surface area contributed by atoms with Crippen LogP contribution in [0, 0.1) is 5.41 Å². The van der Waals surface area contributed by atoms with Crippen LogP contribution in [0.2, 0.25) is 5.02 Å². The molecule has 0 radical (unpaired) electrons. The van der Waals surface area contributed by atoms with Crippen LogP contribution in [0.4, 0.5) is 0 Å². The van der Waals surface area contributed by atoms with E-state index in [0.717, 1.165) is 6.42 Å². The minimum Gasteiger partial charge on any atom is -0.486 e. The van der Waals surface area contributed by atoms with E-state index in [0.29, 0.717) is 23.1 Å². The summed E-state index contributed by atoms with van der Waals surface area (Å²) < 4.78 is 5.47. The number of hydrogen-bond donors (Lipinski definition) is 0. The Morgan fingerprint density at radius 3 is 2.44 bits per heavy atom. The van der Waals surface area contributed by atoms with Gasteiger partial charge in [0.05, 0.1) is 0 Å². The fourth-order valence-corrected chi connectivity index (χ4v) is 2.12. The molecule has 1 unspecified atom stereocenters. The van der Waals surface area contributed by atoms with Gasteiger partial charge in [0, 0.05) is 16.3 Å². The second kappa shape index (κ2) is 7.01. The highest BCUT2D eigenvalue weighted by Crippen LogP contribution is 2.28. The van der Waals surface area contributed by atoms with Gasteiger partial charge in [0.1, 0.15) is 12.4 Å². The highest BCUT2D eigenvalue weighted by atomic mass is 35.5. The number of Topliss-reactive ketones (excluding diaryl/α,β-unsaturated/α-hetero) is 1. The van der Waals surface area contributed by atoms with Crippen molar-refractivity contribution in [1.29, 1.82) is 0 Å². The number of rotatable bonds is 7. The Hall–Kier alpha value is -0.730. The predicted molar refractivity (Wildman–Crippen MR) is 75.7 cm³/mol. The Kier molecular flexibility index (Phi) is 5.97. The molecular weight excluding hydrogens is 271 g/mol. The lowest BCUT2D eigenvalue weighted by Crippen LogP contribution is -2.32. The van der Waals surface area contributed by atoms with Crippen molar-refractivity contribution in [1.82, 2.24) is 0 Å². The zero-order chi connectivity index (χ0) is 13.6. The van der Waals surface area contributed by atoms with Crippen LogP contribution in [0.3, 0.4) is 0 Å². The Labute approximate surface area is 118 Å². The number of carbonyl (C=O) groups is 1. The lowest BCUT2D eigenvalue weighted by Gasteiger charge is -2.25. The van der Waals surface area contributed by atoms with Gasteiger partial charge in [-0.15, -0.1) is 11.6 Å². The molecule has 0 heterocycles. The molecule has 1 aromatic carbocycles. The van der Waals surface area contributed by atoms with Gasteiger partial charge >= 0.3 is 0 Å². The van der Waals surface area contributed by atoms with Crippen molar-refractivity contribution in [3.8, 4) is 5.75 Å². The topological polar surface area (TPSA) is 26.3 Å². The molecule has 0 spiro atoms. The quantitative estimate of drug-likeness (QED) is 0.698. The highest BCUT2D eigenvalue weighted by Gasteiger charge is 2.30. The Morgan fingerprint density at radius 2 is 1.94 bits per heavy atom. The molecule has 0 saturated heterocycles. The molecule has 0 saturated carbocycles. The fraction of sp³-hybridized carbons (Fsp3) is 0.500. The number of ketones is 1. The molecule has 0 N–H and O–H groups in total. The summed E-state index contributed by atoms with van der Waals surface area (Å²) in [4.78, 5) is 12.1. The number of hydrogen-bond acceptors (Lipinski definition) is 2. The number of ether oxygens (including phenoxy) is 1. The fourth-order valence-electron chi connectivity index (χ4n) is 1.58. The third kappa shape index (κ3) is 4.18. The van der Waals surface area contributed by atoms with Gasteiger partial charge in [-0.05, 0) is 37.1 Å². The monoisotopic (exact) mass is 288 g/mol. The predicted octanol–water partition coefficient (Wildman–Crippen LogP) is 4.33. The molecule has 4 heteroatoms. The standard InChI is InChI=1S/C14H18Cl2O2/c1-3-14(2,8-9-15)13(17)10-18-12-6-4-11(16)5-7-12/h4-7H,3,8-10H2,1-2H3. The first-order valence-electron chi connectivity index (χ1n) is 5.99. The van der Waals surface area contributed by atoms with E-state index in [9.17, 15) is 4.79 Å². The molecule has 2 nitrogen and oxygen atoms in total. The van der Waals surface area contributed by atoms with Gasteiger partial charge in [0.2, 0.25) is 0 Å². The third-order valence-corrected chi connectivity index (χ3v) is 3.72. The van der Waals surface area contributed by atoms with Crippen molar-refractivity contribution in [3.63, 3.8) is 0 Å². The number of benzene rings is 1. The molecule has 18 heavy (non-hydrogen) atoms. The van der Waals surface area contributed by atoms with Crippen LogP contribution < -0.4 is 4.74 Å². The molecule has 1 atom stereocenters. The van der Waals surface area contributed by atoms with E-state index < -0.39 is 5.41 Å². The number of alkyl halides is 1. The Morgan fingerprint density at radius 1 is 1.33 bits per heavy atom. The smallest absolute Gasteiger partial charge is 0.176 e. The van der Waals surface area contributed by atoms with Crippen molar-refractivity contribution in [2.75, 3.05) is 12.5 Å². The molecule has 1 aromatic rings. The van der Waals surface area contributed by atoms with Gasteiger partial charge in [0.25, 0.3) is 0 Å². The maximum Gasteiger partial charge on any atom is 0.176 e. The highest BCUT2D eigenvalue weighted by molar-refractivity contribution is 6.30. The van der Waals surface area contributed by atoms with Gasteiger partial charge < -0.3 is 4.74 Å². The first kappa shape index (κ1) is 15.3. The van der Waals surface area contributed by atoms with E-state index in [2.05, 4.69) is 0 Å². The maximum atomic E-state index is 12.1. The van der Waals surface area contributed by atoms with E-state index in [-0.39, 0.29) is 12.4 Å². The lowest BCUT2D eigenvalue weighted by atomic mass is 9.80. The third-order valence-electron chi connectivity index (χ3n) is 3.28. The average Bonchev–Trinajstić information content (AvgIpc) is 2.37. The minimum absolute atomic E-state index is 0.0723. The maximum absolute atomic E-state index is 12.1. The summed E-state index contributed by atoms with van der Waals surface area (Å²) in [6, 6.07) is 6.97. The van der Waals surface area contributed by atoms with Crippen molar-refractivity contribution in [3.05, 3.63) is 29.3 Å². The normalized spacial score (nSPS) is 14.0. The van der Waals surface area contributed by atoms with E-state index in [1.165, 1.54) is 0 Å². The van der Waals surface area contributed by atoms with E-state index >= 15 is 0 Å². The molecule has 0 aliphatic carbocycles. The molecule has 1 rings (SSSR count). The first-order valence-corrected chi connectivity index (χ1v) is 6.90. The van der Waals surface area contributed by atoms with E-state index in [1.54, 1.807) is 24.3 Å². The Bertz CT molecular complexity index is 389. The molecule has 100 valence electrons. The summed E-state index contributed by atoms with van der Waals surface area (Å²) in [6.07, 6.45) is 1.44. The van der Waals surface area contributed by atoms with Crippen molar-refractivity contribution >= 4 is 29.0 Å². The van der Waals surface area contributed by atoms with Crippen molar-refractivity contribution in [2.45, 2.75) is 26.7 Å². The summed E-state index contributed by atoms with van der Waals surface area (Å²) in [5, 5.41) is 0.647. The van der Waals surface area contributed by atoms with Crippen molar-refractivity contribution < 1.29 is 9.53 Å². The summed E-state index contributed by atoms with van der Waals surface area (Å²) >= 11 is 11.5. The number of halogens is 2. The van der Waals surface area contributed by atoms with Crippen LogP contribution in [0.1, 0.15) is 26.7 Å². The molecule has 0 fully saturated rings. The van der Waals surface area contributed by atoms with Crippen LogP contribution in [-0.4, -0.2) is 18.3 Å². The largest absolute Gasteiger partial charge is 0.486 e. The summed E-state index contributed by atoms with van der Waals surface area (Å²) in [5.41, 5.74) is -0.395. The zero-order valence-corrected chi connectivity index (χ0v) is 12.2. The van der Waals surface area contributed by atoms with Crippen LogP contribution in [0.25, 0.3) is 0 Å². The number of carbonyl (C=O) groups excluding carboxylic acids is 1. The second-order valence-electron chi connectivity index (χ2n) is 4.52. The molecule has 0 bridgehead atoms. The molecule has 0 aliphatic heterocycles. The Balaban J connectivity index is 2.57.